The molecule has 0 spiro atoms. The first-order valence-corrected chi connectivity index (χ1v) is 10.3. The summed E-state index contributed by atoms with van der Waals surface area (Å²) in [5.41, 5.74) is 0.273. The van der Waals surface area contributed by atoms with E-state index in [9.17, 15) is 33.3 Å². The lowest BCUT2D eigenvalue weighted by molar-refractivity contribution is -0.384. The Morgan fingerprint density at radius 2 is 1.91 bits per heavy atom. The van der Waals surface area contributed by atoms with Gasteiger partial charge in [0.2, 0.25) is 6.17 Å². The number of nitro groups is 1. The molecule has 0 aromatic heterocycles. The minimum atomic E-state index is -1.67. The van der Waals surface area contributed by atoms with Crippen LogP contribution in [0.1, 0.15) is 18.0 Å². The van der Waals surface area contributed by atoms with Crippen LogP contribution in [0.3, 0.4) is 0 Å². The molecule has 0 fully saturated rings. The number of hydrogen-bond acceptors (Lipinski definition) is 8. The Labute approximate surface area is 193 Å². The van der Waals surface area contributed by atoms with Gasteiger partial charge in [-0.1, -0.05) is 22.0 Å². The van der Waals surface area contributed by atoms with Crippen LogP contribution in [0.4, 0.5) is 19.3 Å². The highest BCUT2D eigenvalue weighted by molar-refractivity contribution is 9.09. The maximum Gasteiger partial charge on any atom is 0.417 e. The Balaban J connectivity index is 2.02. The summed E-state index contributed by atoms with van der Waals surface area (Å²) >= 11 is 3.21. The third-order valence-corrected chi connectivity index (χ3v) is 5.30. The molecular weight excluding hydrogens is 512 g/mol. The van der Waals surface area contributed by atoms with Gasteiger partial charge in [-0.2, -0.15) is 0 Å². The van der Waals surface area contributed by atoms with Crippen molar-refractivity contribution < 1.29 is 37.6 Å². The van der Waals surface area contributed by atoms with Crippen molar-refractivity contribution in [1.29, 1.82) is 0 Å². The molecule has 0 aliphatic carbocycles. The number of carbonyl (C=O) groups is 3. The number of esters is 1. The zero-order valence-corrected chi connectivity index (χ0v) is 18.1. The third kappa shape index (κ3) is 5.37. The highest BCUT2D eigenvalue weighted by atomic mass is 79.9. The van der Waals surface area contributed by atoms with Gasteiger partial charge in [0, 0.05) is 29.6 Å². The van der Waals surface area contributed by atoms with Gasteiger partial charge in [-0.3, -0.25) is 24.8 Å². The average molecular weight is 526 g/mol. The van der Waals surface area contributed by atoms with Crippen molar-refractivity contribution >= 4 is 45.9 Å². The zero-order chi connectivity index (χ0) is 24.1. The molecule has 1 aliphatic heterocycles. The summed E-state index contributed by atoms with van der Waals surface area (Å²) in [4.78, 5) is 51.3. The predicted octanol–water partition coefficient (Wildman–Crippen LogP) is 3.68. The van der Waals surface area contributed by atoms with Crippen LogP contribution >= 0.6 is 15.9 Å². The molecule has 0 radical (unpaired) electrons. The van der Waals surface area contributed by atoms with Crippen molar-refractivity contribution in [2.75, 3.05) is 5.33 Å². The number of halogens is 3. The lowest BCUT2D eigenvalue weighted by atomic mass is 9.97. The van der Waals surface area contributed by atoms with Gasteiger partial charge in [0.05, 0.1) is 11.0 Å². The molecule has 2 aromatic rings. The van der Waals surface area contributed by atoms with Crippen molar-refractivity contribution in [1.82, 2.24) is 4.90 Å². The maximum atomic E-state index is 13.9. The number of nitro benzene ring substituents is 1. The fourth-order valence-corrected chi connectivity index (χ4v) is 3.53. The van der Waals surface area contributed by atoms with Crippen LogP contribution < -0.4 is 4.74 Å². The van der Waals surface area contributed by atoms with Crippen molar-refractivity contribution in [2.24, 2.45) is 4.99 Å². The van der Waals surface area contributed by atoms with Crippen molar-refractivity contribution in [3.63, 3.8) is 0 Å². The monoisotopic (exact) mass is 525 g/mol. The highest BCUT2D eigenvalue weighted by Gasteiger charge is 2.42. The third-order valence-electron chi connectivity index (χ3n) is 4.65. The Morgan fingerprint density at radius 3 is 2.48 bits per heavy atom. The number of alkyl halides is 1. The van der Waals surface area contributed by atoms with Gasteiger partial charge in [-0.05, 0) is 29.8 Å². The van der Waals surface area contributed by atoms with E-state index in [1.165, 1.54) is 18.2 Å². The maximum absolute atomic E-state index is 13.9. The van der Waals surface area contributed by atoms with E-state index in [0.717, 1.165) is 29.2 Å². The van der Waals surface area contributed by atoms with Gasteiger partial charge in [-0.25, -0.2) is 18.4 Å². The van der Waals surface area contributed by atoms with Crippen LogP contribution in [0.25, 0.3) is 0 Å². The summed E-state index contributed by atoms with van der Waals surface area (Å²) in [5.74, 6) is -3.57. The first kappa shape index (κ1) is 23.9. The Kier molecular flexibility index (Phi) is 7.43. The van der Waals surface area contributed by atoms with Gasteiger partial charge in [0.15, 0.2) is 11.6 Å². The minimum Gasteiger partial charge on any atom is -0.410 e. The second-order valence-electron chi connectivity index (χ2n) is 6.66. The van der Waals surface area contributed by atoms with E-state index in [-0.39, 0.29) is 35.2 Å². The van der Waals surface area contributed by atoms with E-state index in [1.54, 1.807) is 0 Å². The molecule has 1 heterocycles. The molecule has 2 atom stereocenters. The number of benzene rings is 2. The lowest BCUT2D eigenvalue weighted by Gasteiger charge is -2.38. The highest BCUT2D eigenvalue weighted by Crippen LogP contribution is 2.34. The largest absolute Gasteiger partial charge is 0.417 e. The van der Waals surface area contributed by atoms with Gasteiger partial charge in [-0.15, -0.1) is 0 Å². The van der Waals surface area contributed by atoms with E-state index in [2.05, 4.69) is 25.7 Å². The normalized spacial score (nSPS) is 17.7. The molecule has 13 heteroatoms. The molecule has 0 bridgehead atoms. The van der Waals surface area contributed by atoms with Gasteiger partial charge >= 0.3 is 18.5 Å². The Hall–Kier alpha value is -3.74. The first-order chi connectivity index (χ1) is 15.7. The molecule has 172 valence electrons. The second kappa shape index (κ2) is 10.3. The van der Waals surface area contributed by atoms with Crippen LogP contribution in [0, 0.1) is 21.7 Å². The summed E-state index contributed by atoms with van der Waals surface area (Å²) in [7, 11) is 0. The smallest absolute Gasteiger partial charge is 0.410 e. The van der Waals surface area contributed by atoms with Crippen LogP contribution in [-0.4, -0.2) is 45.6 Å². The van der Waals surface area contributed by atoms with Crippen LogP contribution in [-0.2, 0) is 14.3 Å². The minimum absolute atomic E-state index is 0.0244. The number of carbonyl (C=O) groups excluding carboxylic acids is 3. The fourth-order valence-electron chi connectivity index (χ4n) is 3.16. The summed E-state index contributed by atoms with van der Waals surface area (Å²) < 4.78 is 37.0. The number of aliphatic imine (C=N–C) groups is 1. The fraction of sp³-hybridized carbons (Fsp3) is 0.200. The van der Waals surface area contributed by atoms with E-state index in [0.29, 0.717) is 5.71 Å². The first-order valence-electron chi connectivity index (χ1n) is 9.20. The Morgan fingerprint density at radius 1 is 1.21 bits per heavy atom. The molecular formula is C20H14BrF2N3O7. The van der Waals surface area contributed by atoms with E-state index < -0.39 is 40.8 Å². The quantitative estimate of drug-likeness (QED) is 0.140. The summed E-state index contributed by atoms with van der Waals surface area (Å²) in [6.07, 6.45) is -2.78. The van der Waals surface area contributed by atoms with E-state index >= 15 is 0 Å². The van der Waals surface area contributed by atoms with Crippen LogP contribution in [0.2, 0.25) is 0 Å². The van der Waals surface area contributed by atoms with Gasteiger partial charge < -0.3 is 9.47 Å². The molecule has 2 unspecified atom stereocenters. The molecule has 1 aliphatic rings. The van der Waals surface area contributed by atoms with Gasteiger partial charge in [0.1, 0.15) is 5.75 Å². The number of non-ortho nitro benzene ring substituents is 1. The van der Waals surface area contributed by atoms with Crippen molar-refractivity contribution in [2.45, 2.75) is 18.6 Å². The predicted molar refractivity (Wildman–Crippen MR) is 112 cm³/mol. The molecule has 10 nitrogen and oxygen atoms in total. The van der Waals surface area contributed by atoms with Crippen LogP contribution in [0.5, 0.6) is 5.75 Å². The van der Waals surface area contributed by atoms with E-state index in [1.807, 2.05) is 0 Å². The molecule has 0 saturated heterocycles. The number of amides is 1. The zero-order valence-electron chi connectivity index (χ0n) is 16.5. The lowest BCUT2D eigenvalue weighted by Crippen LogP contribution is -2.51. The molecule has 0 saturated carbocycles. The SMILES string of the molecule is O=COC(=O)C1N=C(CBr)CC(c2ccc(F)c(F)c2)N1C(=O)Oc1ccc([N+](=O)[O-])cc1. The number of rotatable bonds is 6. The Bertz CT molecular complexity index is 1130. The number of ether oxygens (including phenoxy) is 2. The second-order valence-corrected chi connectivity index (χ2v) is 7.22. The van der Waals surface area contributed by atoms with E-state index in [4.69, 9.17) is 4.74 Å². The van der Waals surface area contributed by atoms with Crippen molar-refractivity contribution in [3.05, 3.63) is 69.8 Å². The average Bonchev–Trinajstić information content (AvgIpc) is 2.80. The van der Waals surface area contributed by atoms with Crippen LogP contribution in [0.15, 0.2) is 47.5 Å². The summed E-state index contributed by atoms with van der Waals surface area (Å²) in [6.45, 7) is -0.132. The standard InChI is InChI=1S/C20H14BrF2N3O7/c21-9-12-8-17(11-1-6-15(22)16(23)7-11)25(18(24-12)19(28)32-10-27)20(29)33-14-4-2-13(3-5-14)26(30)31/h1-7,10,17-18H,8-9H2. The topological polar surface area (TPSA) is 128 Å². The molecule has 1 amide bonds. The number of nitrogens with zero attached hydrogens (tertiary/aromatic N) is 3. The molecule has 2 aromatic carbocycles. The molecule has 33 heavy (non-hydrogen) atoms. The number of hydrogen-bond donors (Lipinski definition) is 0. The summed E-state index contributed by atoms with van der Waals surface area (Å²) in [5, 5.41) is 11.0. The molecule has 3 rings (SSSR count). The van der Waals surface area contributed by atoms with Crippen molar-refractivity contribution in [3.8, 4) is 5.75 Å². The summed E-state index contributed by atoms with van der Waals surface area (Å²) in [6, 6.07) is 6.45. The van der Waals surface area contributed by atoms with Gasteiger partial charge in [0.25, 0.3) is 5.69 Å². The molecule has 0 N–H and O–H groups in total.